The van der Waals surface area contributed by atoms with Crippen LogP contribution in [0.2, 0.25) is 0 Å². The summed E-state index contributed by atoms with van der Waals surface area (Å²) in [7, 11) is 0. The third kappa shape index (κ3) is 1.66. The van der Waals surface area contributed by atoms with Gasteiger partial charge in [0.25, 0.3) is 0 Å². The molecule has 0 spiro atoms. The van der Waals surface area contributed by atoms with Gasteiger partial charge in [0.15, 0.2) is 0 Å². The van der Waals surface area contributed by atoms with Gasteiger partial charge in [-0.15, -0.1) is 0 Å². The highest BCUT2D eigenvalue weighted by Crippen LogP contribution is 2.35. The van der Waals surface area contributed by atoms with Crippen molar-refractivity contribution in [3.8, 4) is 5.75 Å². The van der Waals surface area contributed by atoms with Gasteiger partial charge in [-0.05, 0) is 13.0 Å². The maximum absolute atomic E-state index is 12.0. The van der Waals surface area contributed by atoms with Gasteiger partial charge >= 0.3 is 6.18 Å². The predicted octanol–water partition coefficient (Wildman–Crippen LogP) is 2.11. The van der Waals surface area contributed by atoms with Crippen molar-refractivity contribution in [2.75, 3.05) is 0 Å². The molecule has 1 rings (SSSR count). The molecule has 0 radical (unpaired) electrons. The molecule has 0 saturated carbocycles. The van der Waals surface area contributed by atoms with E-state index in [0.29, 0.717) is 0 Å². The largest absolute Gasteiger partial charge is 0.506 e. The van der Waals surface area contributed by atoms with Crippen LogP contribution in [0.1, 0.15) is 11.3 Å². The van der Waals surface area contributed by atoms with E-state index in [1.54, 1.807) is 0 Å². The molecule has 1 N–H and O–H groups in total. The van der Waals surface area contributed by atoms with Crippen LogP contribution in [-0.4, -0.2) is 10.1 Å². The van der Waals surface area contributed by atoms with Gasteiger partial charge in [0.2, 0.25) is 0 Å². The van der Waals surface area contributed by atoms with Gasteiger partial charge in [-0.3, -0.25) is 4.98 Å². The van der Waals surface area contributed by atoms with Crippen molar-refractivity contribution in [1.82, 2.24) is 4.98 Å². The Hall–Kier alpha value is -1.26. The molecule has 0 aromatic carbocycles. The first-order valence-electron chi connectivity index (χ1n) is 3.14. The molecule has 1 aromatic rings. The van der Waals surface area contributed by atoms with Crippen LogP contribution in [0.5, 0.6) is 5.75 Å². The molecular weight excluding hydrogens is 171 g/mol. The molecule has 0 unspecified atom stereocenters. The molecule has 0 bridgehead atoms. The Morgan fingerprint density at radius 1 is 1.42 bits per heavy atom. The third-order valence-electron chi connectivity index (χ3n) is 1.33. The summed E-state index contributed by atoms with van der Waals surface area (Å²) < 4.78 is 36.1. The SMILES string of the molecule is Cc1cc(C(F)(F)F)c(O)cn1. The molecule has 0 fully saturated rings. The molecule has 12 heavy (non-hydrogen) atoms. The quantitative estimate of drug-likeness (QED) is 0.658. The molecule has 0 aliphatic heterocycles. The Balaban J connectivity index is 3.23. The Morgan fingerprint density at radius 2 is 2.00 bits per heavy atom. The fourth-order valence-electron chi connectivity index (χ4n) is 0.780. The number of pyridine rings is 1. The molecule has 5 heteroatoms. The van der Waals surface area contributed by atoms with Gasteiger partial charge < -0.3 is 5.11 Å². The lowest BCUT2D eigenvalue weighted by atomic mass is 10.2. The van der Waals surface area contributed by atoms with Crippen LogP contribution in [0.3, 0.4) is 0 Å². The molecule has 0 amide bonds. The zero-order valence-electron chi connectivity index (χ0n) is 6.18. The van der Waals surface area contributed by atoms with Gasteiger partial charge in [-0.25, -0.2) is 0 Å². The number of hydrogen-bond donors (Lipinski definition) is 1. The van der Waals surface area contributed by atoms with E-state index in [1.807, 2.05) is 0 Å². The lowest BCUT2D eigenvalue weighted by Gasteiger charge is -2.08. The highest BCUT2D eigenvalue weighted by atomic mass is 19.4. The van der Waals surface area contributed by atoms with Crippen LogP contribution >= 0.6 is 0 Å². The van der Waals surface area contributed by atoms with Crippen LogP contribution in [0.25, 0.3) is 0 Å². The second-order valence-electron chi connectivity index (χ2n) is 2.34. The minimum Gasteiger partial charge on any atom is -0.506 e. The topological polar surface area (TPSA) is 33.1 Å². The van der Waals surface area contributed by atoms with E-state index in [4.69, 9.17) is 5.11 Å². The molecule has 2 nitrogen and oxygen atoms in total. The maximum Gasteiger partial charge on any atom is 0.420 e. The fraction of sp³-hybridized carbons (Fsp3) is 0.286. The number of aryl methyl sites for hydroxylation is 1. The Morgan fingerprint density at radius 3 is 2.42 bits per heavy atom. The number of rotatable bonds is 0. The standard InChI is InChI=1S/C7H6F3NO/c1-4-2-5(7(8,9)10)6(12)3-11-4/h2-3,12H,1H3. The van der Waals surface area contributed by atoms with E-state index in [2.05, 4.69) is 4.98 Å². The summed E-state index contributed by atoms with van der Waals surface area (Å²) >= 11 is 0. The van der Waals surface area contributed by atoms with E-state index in [9.17, 15) is 13.2 Å². The zero-order valence-corrected chi connectivity index (χ0v) is 6.18. The molecule has 0 saturated heterocycles. The number of aromatic hydroxyl groups is 1. The average Bonchev–Trinajstić information content (AvgIpc) is 1.92. The summed E-state index contributed by atoms with van der Waals surface area (Å²) in [6.45, 7) is 1.43. The summed E-state index contributed by atoms with van der Waals surface area (Å²) in [5, 5.41) is 8.79. The molecule has 1 heterocycles. The Labute approximate surface area is 66.7 Å². The normalized spacial score (nSPS) is 11.7. The Kier molecular flexibility index (Phi) is 1.95. The molecule has 0 atom stereocenters. The monoisotopic (exact) mass is 177 g/mol. The van der Waals surface area contributed by atoms with Gasteiger partial charge in [-0.2, -0.15) is 13.2 Å². The second kappa shape index (κ2) is 2.66. The number of aromatic nitrogens is 1. The summed E-state index contributed by atoms with van der Waals surface area (Å²) in [6.07, 6.45) is -3.73. The molecular formula is C7H6F3NO. The minimum absolute atomic E-state index is 0.222. The van der Waals surface area contributed by atoms with Gasteiger partial charge in [-0.1, -0.05) is 0 Å². The molecule has 0 aliphatic carbocycles. The summed E-state index contributed by atoms with van der Waals surface area (Å²) in [4.78, 5) is 3.50. The first-order chi connectivity index (χ1) is 5.41. The summed E-state index contributed by atoms with van der Waals surface area (Å²) in [6, 6.07) is 0.801. The second-order valence-corrected chi connectivity index (χ2v) is 2.34. The van der Waals surface area contributed by atoms with Crippen molar-refractivity contribution < 1.29 is 18.3 Å². The summed E-state index contributed by atoms with van der Waals surface area (Å²) in [5.41, 5.74) is -0.824. The Bertz CT molecular complexity index is 295. The molecule has 1 aromatic heterocycles. The van der Waals surface area contributed by atoms with Crippen molar-refractivity contribution in [3.05, 3.63) is 23.5 Å². The van der Waals surface area contributed by atoms with Crippen molar-refractivity contribution in [1.29, 1.82) is 0 Å². The first kappa shape index (κ1) is 8.83. The van der Waals surface area contributed by atoms with Gasteiger partial charge in [0, 0.05) is 5.69 Å². The van der Waals surface area contributed by atoms with Gasteiger partial charge in [0.05, 0.1) is 6.20 Å². The molecule has 0 aliphatic rings. The predicted molar refractivity (Wildman–Crippen MR) is 35.6 cm³/mol. The lowest BCUT2D eigenvalue weighted by molar-refractivity contribution is -0.138. The maximum atomic E-state index is 12.0. The van der Waals surface area contributed by atoms with E-state index < -0.39 is 17.5 Å². The number of nitrogens with zero attached hydrogens (tertiary/aromatic N) is 1. The number of hydrogen-bond acceptors (Lipinski definition) is 2. The first-order valence-corrected chi connectivity index (χ1v) is 3.14. The minimum atomic E-state index is -4.52. The van der Waals surface area contributed by atoms with E-state index in [-0.39, 0.29) is 5.69 Å². The zero-order chi connectivity index (χ0) is 9.35. The number of alkyl halides is 3. The smallest absolute Gasteiger partial charge is 0.420 e. The van der Waals surface area contributed by atoms with Gasteiger partial charge in [0.1, 0.15) is 11.3 Å². The summed E-state index contributed by atoms with van der Waals surface area (Å²) in [5.74, 6) is -0.840. The van der Waals surface area contributed by atoms with Crippen LogP contribution in [0.15, 0.2) is 12.3 Å². The van der Waals surface area contributed by atoms with Crippen LogP contribution < -0.4 is 0 Å². The van der Waals surface area contributed by atoms with Crippen molar-refractivity contribution in [2.45, 2.75) is 13.1 Å². The van der Waals surface area contributed by atoms with E-state index >= 15 is 0 Å². The molecule has 66 valence electrons. The van der Waals surface area contributed by atoms with E-state index in [1.165, 1.54) is 6.92 Å². The van der Waals surface area contributed by atoms with Crippen molar-refractivity contribution in [3.63, 3.8) is 0 Å². The van der Waals surface area contributed by atoms with Crippen LogP contribution in [0.4, 0.5) is 13.2 Å². The van der Waals surface area contributed by atoms with E-state index in [0.717, 1.165) is 12.3 Å². The third-order valence-corrected chi connectivity index (χ3v) is 1.33. The van der Waals surface area contributed by atoms with Crippen LogP contribution in [0, 0.1) is 6.92 Å². The van der Waals surface area contributed by atoms with Crippen molar-refractivity contribution >= 4 is 0 Å². The average molecular weight is 177 g/mol. The lowest BCUT2D eigenvalue weighted by Crippen LogP contribution is -2.06. The highest BCUT2D eigenvalue weighted by molar-refractivity contribution is 5.33. The highest BCUT2D eigenvalue weighted by Gasteiger charge is 2.33. The fourth-order valence-corrected chi connectivity index (χ4v) is 0.780. The van der Waals surface area contributed by atoms with Crippen LogP contribution in [-0.2, 0) is 6.18 Å². The number of halogens is 3. The van der Waals surface area contributed by atoms with Crippen molar-refractivity contribution in [2.24, 2.45) is 0 Å².